The Morgan fingerprint density at radius 2 is 1.96 bits per heavy atom. The van der Waals surface area contributed by atoms with Crippen LogP contribution in [0, 0.1) is 0 Å². The van der Waals surface area contributed by atoms with Crippen LogP contribution in [0.4, 0.5) is 5.69 Å². The largest absolute Gasteiger partial charge is 0.489 e. The lowest BCUT2D eigenvalue weighted by atomic mass is 9.95. The molecule has 0 bridgehead atoms. The number of carbonyl (C=O) groups excluding carboxylic acids is 1. The van der Waals surface area contributed by atoms with Gasteiger partial charge in [0.2, 0.25) is 5.91 Å². The van der Waals surface area contributed by atoms with Crippen LogP contribution in [-0.2, 0) is 9.53 Å². The third kappa shape index (κ3) is 6.48. The standard InChI is InChI=1S/C18H28N2O3/c1-2-22-12-13-23-17-11-7-6-10-16(17)19-14-18(21)20-15-8-4-3-5-9-15/h6-7,10-11,15,19H,2-5,8-9,12-14H2,1H3,(H,20,21). The van der Waals surface area contributed by atoms with Crippen LogP contribution in [0.25, 0.3) is 0 Å². The van der Waals surface area contributed by atoms with Gasteiger partial charge in [0.25, 0.3) is 0 Å². The lowest BCUT2D eigenvalue weighted by molar-refractivity contribution is -0.120. The summed E-state index contributed by atoms with van der Waals surface area (Å²) in [5, 5.41) is 6.27. The van der Waals surface area contributed by atoms with Crippen LogP contribution in [0.15, 0.2) is 24.3 Å². The van der Waals surface area contributed by atoms with Crippen LogP contribution < -0.4 is 15.4 Å². The first kappa shape index (κ1) is 17.6. The minimum absolute atomic E-state index is 0.0426. The first-order valence-electron chi connectivity index (χ1n) is 8.62. The van der Waals surface area contributed by atoms with E-state index in [0.29, 0.717) is 25.9 Å². The lowest BCUT2D eigenvalue weighted by Crippen LogP contribution is -2.39. The molecule has 128 valence electrons. The fourth-order valence-electron chi connectivity index (χ4n) is 2.79. The van der Waals surface area contributed by atoms with Crippen molar-refractivity contribution in [2.45, 2.75) is 45.1 Å². The summed E-state index contributed by atoms with van der Waals surface area (Å²) in [6.07, 6.45) is 5.92. The maximum Gasteiger partial charge on any atom is 0.239 e. The van der Waals surface area contributed by atoms with Crippen molar-refractivity contribution in [1.82, 2.24) is 5.32 Å². The minimum atomic E-state index is 0.0426. The van der Waals surface area contributed by atoms with Crippen molar-refractivity contribution in [2.24, 2.45) is 0 Å². The number of nitrogens with one attached hydrogen (secondary N) is 2. The van der Waals surface area contributed by atoms with Gasteiger partial charge >= 0.3 is 0 Å². The SMILES string of the molecule is CCOCCOc1ccccc1NCC(=O)NC1CCCCC1. The van der Waals surface area contributed by atoms with E-state index in [1.54, 1.807) is 0 Å². The van der Waals surface area contributed by atoms with Crippen molar-refractivity contribution < 1.29 is 14.3 Å². The van der Waals surface area contributed by atoms with Gasteiger partial charge in [-0.3, -0.25) is 4.79 Å². The first-order chi connectivity index (χ1) is 11.3. The van der Waals surface area contributed by atoms with Crippen molar-refractivity contribution in [3.8, 4) is 5.75 Å². The molecule has 0 spiro atoms. The van der Waals surface area contributed by atoms with E-state index in [1.807, 2.05) is 31.2 Å². The van der Waals surface area contributed by atoms with Gasteiger partial charge in [0.15, 0.2) is 0 Å². The number of ether oxygens (including phenoxy) is 2. The molecule has 0 saturated heterocycles. The second kappa shape index (κ2) is 10.1. The molecule has 1 aliphatic rings. The van der Waals surface area contributed by atoms with E-state index in [-0.39, 0.29) is 12.5 Å². The molecular formula is C18H28N2O3. The zero-order valence-electron chi connectivity index (χ0n) is 14.0. The molecule has 1 amide bonds. The van der Waals surface area contributed by atoms with Gasteiger partial charge in [-0.05, 0) is 31.9 Å². The number of amides is 1. The fraction of sp³-hybridized carbons (Fsp3) is 0.611. The van der Waals surface area contributed by atoms with Crippen molar-refractivity contribution in [1.29, 1.82) is 0 Å². The Kier molecular flexibility index (Phi) is 7.73. The van der Waals surface area contributed by atoms with E-state index in [4.69, 9.17) is 9.47 Å². The quantitative estimate of drug-likeness (QED) is 0.687. The van der Waals surface area contributed by atoms with Crippen molar-refractivity contribution >= 4 is 11.6 Å². The lowest BCUT2D eigenvalue weighted by Gasteiger charge is -2.23. The van der Waals surface area contributed by atoms with Gasteiger partial charge in [-0.15, -0.1) is 0 Å². The predicted molar refractivity (Wildman–Crippen MR) is 91.9 cm³/mol. The molecule has 0 atom stereocenters. The van der Waals surface area contributed by atoms with Crippen LogP contribution in [0.3, 0.4) is 0 Å². The van der Waals surface area contributed by atoms with Crippen LogP contribution in [0.1, 0.15) is 39.0 Å². The Morgan fingerprint density at radius 1 is 1.17 bits per heavy atom. The maximum absolute atomic E-state index is 12.1. The number of hydrogen-bond donors (Lipinski definition) is 2. The Balaban J connectivity index is 1.76. The number of rotatable bonds is 9. The Labute approximate surface area is 138 Å². The summed E-state index contributed by atoms with van der Waals surface area (Å²) < 4.78 is 11.0. The van der Waals surface area contributed by atoms with E-state index in [2.05, 4.69) is 10.6 Å². The maximum atomic E-state index is 12.1. The third-order valence-electron chi connectivity index (χ3n) is 3.99. The van der Waals surface area contributed by atoms with Crippen LogP contribution in [-0.4, -0.2) is 38.3 Å². The summed E-state index contributed by atoms with van der Waals surface area (Å²) in [6, 6.07) is 8.01. The molecule has 0 heterocycles. The Morgan fingerprint density at radius 3 is 2.74 bits per heavy atom. The number of para-hydroxylation sites is 2. The minimum Gasteiger partial charge on any atom is -0.489 e. The molecule has 1 aliphatic carbocycles. The zero-order valence-corrected chi connectivity index (χ0v) is 14.0. The molecule has 2 N–H and O–H groups in total. The molecular weight excluding hydrogens is 292 g/mol. The summed E-state index contributed by atoms with van der Waals surface area (Å²) in [5.41, 5.74) is 0.836. The van der Waals surface area contributed by atoms with E-state index in [9.17, 15) is 4.79 Å². The van der Waals surface area contributed by atoms with Gasteiger partial charge in [-0.2, -0.15) is 0 Å². The molecule has 1 fully saturated rings. The van der Waals surface area contributed by atoms with E-state index in [1.165, 1.54) is 19.3 Å². The number of benzene rings is 1. The molecule has 5 nitrogen and oxygen atoms in total. The van der Waals surface area contributed by atoms with E-state index < -0.39 is 0 Å². The number of carbonyl (C=O) groups is 1. The highest BCUT2D eigenvalue weighted by molar-refractivity contribution is 5.81. The second-order valence-electron chi connectivity index (χ2n) is 5.80. The molecule has 0 unspecified atom stereocenters. The topological polar surface area (TPSA) is 59.6 Å². The number of hydrogen-bond acceptors (Lipinski definition) is 4. The molecule has 5 heteroatoms. The molecule has 1 saturated carbocycles. The molecule has 0 aromatic heterocycles. The van der Waals surface area contributed by atoms with Crippen LogP contribution in [0.2, 0.25) is 0 Å². The highest BCUT2D eigenvalue weighted by Gasteiger charge is 2.15. The molecule has 1 aromatic rings. The monoisotopic (exact) mass is 320 g/mol. The molecule has 0 radical (unpaired) electrons. The first-order valence-corrected chi connectivity index (χ1v) is 8.62. The second-order valence-corrected chi connectivity index (χ2v) is 5.80. The smallest absolute Gasteiger partial charge is 0.239 e. The van der Waals surface area contributed by atoms with Gasteiger partial charge in [0, 0.05) is 12.6 Å². The normalized spacial score (nSPS) is 15.2. The molecule has 23 heavy (non-hydrogen) atoms. The Bertz CT molecular complexity index is 473. The highest BCUT2D eigenvalue weighted by atomic mass is 16.5. The predicted octanol–water partition coefficient (Wildman–Crippen LogP) is 2.96. The molecule has 2 rings (SSSR count). The fourth-order valence-corrected chi connectivity index (χ4v) is 2.79. The zero-order chi connectivity index (χ0) is 16.3. The summed E-state index contributed by atoms with van der Waals surface area (Å²) in [5.74, 6) is 0.790. The Hall–Kier alpha value is -1.75. The molecule has 1 aromatic carbocycles. The van der Waals surface area contributed by atoms with Gasteiger partial charge in [0.05, 0.1) is 18.8 Å². The van der Waals surface area contributed by atoms with Gasteiger partial charge in [-0.25, -0.2) is 0 Å². The van der Waals surface area contributed by atoms with Crippen molar-refractivity contribution in [2.75, 3.05) is 31.7 Å². The summed E-state index contributed by atoms with van der Waals surface area (Å²) >= 11 is 0. The third-order valence-corrected chi connectivity index (χ3v) is 3.99. The van der Waals surface area contributed by atoms with Crippen molar-refractivity contribution in [3.63, 3.8) is 0 Å². The van der Waals surface area contributed by atoms with Gasteiger partial charge in [-0.1, -0.05) is 31.4 Å². The van der Waals surface area contributed by atoms with E-state index >= 15 is 0 Å². The van der Waals surface area contributed by atoms with E-state index in [0.717, 1.165) is 24.3 Å². The highest BCUT2D eigenvalue weighted by Crippen LogP contribution is 2.23. The summed E-state index contributed by atoms with van der Waals surface area (Å²) in [6.45, 7) is 3.97. The van der Waals surface area contributed by atoms with Crippen LogP contribution >= 0.6 is 0 Å². The van der Waals surface area contributed by atoms with Gasteiger partial charge < -0.3 is 20.1 Å². The van der Waals surface area contributed by atoms with Crippen LogP contribution in [0.5, 0.6) is 5.75 Å². The summed E-state index contributed by atoms with van der Waals surface area (Å²) in [4.78, 5) is 12.1. The molecule has 0 aliphatic heterocycles. The van der Waals surface area contributed by atoms with Crippen molar-refractivity contribution in [3.05, 3.63) is 24.3 Å². The number of anilines is 1. The average Bonchev–Trinajstić information content (AvgIpc) is 2.59. The summed E-state index contributed by atoms with van der Waals surface area (Å²) in [7, 11) is 0. The van der Waals surface area contributed by atoms with Gasteiger partial charge in [0.1, 0.15) is 12.4 Å². The average molecular weight is 320 g/mol.